The Morgan fingerprint density at radius 2 is 1.70 bits per heavy atom. The molecule has 1 heterocycles. The molecule has 1 fully saturated rings. The van der Waals surface area contributed by atoms with Crippen LogP contribution in [-0.4, -0.2) is 23.0 Å². The summed E-state index contributed by atoms with van der Waals surface area (Å²) in [5, 5.41) is 9.53. The van der Waals surface area contributed by atoms with E-state index in [1.165, 1.54) is 18.1 Å². The maximum absolute atomic E-state index is 12.1. The summed E-state index contributed by atoms with van der Waals surface area (Å²) in [4.78, 5) is 23.5. The van der Waals surface area contributed by atoms with Crippen LogP contribution in [0.2, 0.25) is 0 Å². The molecule has 118 valence electrons. The lowest BCUT2D eigenvalue weighted by Crippen LogP contribution is -2.33. The van der Waals surface area contributed by atoms with Gasteiger partial charge in [0.05, 0.1) is 0 Å². The summed E-state index contributed by atoms with van der Waals surface area (Å²) >= 11 is 0. The van der Waals surface area contributed by atoms with E-state index in [4.69, 9.17) is 4.74 Å². The number of rotatable bonds is 2. The van der Waals surface area contributed by atoms with E-state index in [0.29, 0.717) is 5.56 Å². The third-order valence-electron chi connectivity index (χ3n) is 4.38. The summed E-state index contributed by atoms with van der Waals surface area (Å²) in [7, 11) is 0. The monoisotopic (exact) mass is 310 g/mol. The van der Waals surface area contributed by atoms with E-state index in [1.807, 2.05) is 19.1 Å². The molecule has 2 aromatic rings. The van der Waals surface area contributed by atoms with Crippen molar-refractivity contribution in [3.63, 3.8) is 0 Å². The fourth-order valence-corrected chi connectivity index (χ4v) is 2.98. The largest absolute Gasteiger partial charge is 0.444 e. The number of ketones is 1. The van der Waals surface area contributed by atoms with Gasteiger partial charge in [0.15, 0.2) is 5.60 Å². The molecular weight excluding hydrogens is 292 g/mol. The highest BCUT2D eigenvalue weighted by Gasteiger charge is 2.52. The van der Waals surface area contributed by atoms with Gasteiger partial charge in [0, 0.05) is 5.56 Å². The fourth-order valence-electron chi connectivity index (χ4n) is 2.98. The van der Waals surface area contributed by atoms with Gasteiger partial charge < -0.3 is 9.84 Å². The van der Waals surface area contributed by atoms with Crippen LogP contribution < -0.4 is 0 Å². The summed E-state index contributed by atoms with van der Waals surface area (Å²) < 4.78 is 5.11. The summed E-state index contributed by atoms with van der Waals surface area (Å²) in [6.07, 6.45) is -1.70. The molecule has 0 spiro atoms. The SMILES string of the molecule is Cc1ccc(-c2ccc(C3(C)OC(=O)C(O)C3=O)cc2)c(C)c1. The molecule has 2 atom stereocenters. The third-order valence-corrected chi connectivity index (χ3v) is 4.38. The highest BCUT2D eigenvalue weighted by molar-refractivity contribution is 6.11. The smallest absolute Gasteiger partial charge is 0.344 e. The second-order valence-corrected chi connectivity index (χ2v) is 6.12. The molecule has 3 rings (SSSR count). The third kappa shape index (κ3) is 2.45. The Labute approximate surface area is 134 Å². The minimum atomic E-state index is -1.70. The topological polar surface area (TPSA) is 63.6 Å². The van der Waals surface area contributed by atoms with Crippen LogP contribution in [-0.2, 0) is 19.9 Å². The van der Waals surface area contributed by atoms with Crippen molar-refractivity contribution in [1.29, 1.82) is 0 Å². The number of esters is 1. The Kier molecular flexibility index (Phi) is 3.57. The van der Waals surface area contributed by atoms with E-state index in [2.05, 4.69) is 25.1 Å². The molecule has 1 N–H and O–H groups in total. The first-order chi connectivity index (χ1) is 10.8. The van der Waals surface area contributed by atoms with Crippen LogP contribution in [0.15, 0.2) is 42.5 Å². The van der Waals surface area contributed by atoms with E-state index in [1.54, 1.807) is 12.1 Å². The average molecular weight is 310 g/mol. The van der Waals surface area contributed by atoms with Crippen molar-refractivity contribution >= 4 is 11.8 Å². The number of benzene rings is 2. The first kappa shape index (κ1) is 15.4. The summed E-state index contributed by atoms with van der Waals surface area (Å²) in [6, 6.07) is 13.5. The molecule has 0 saturated carbocycles. The number of cyclic esters (lactones) is 1. The van der Waals surface area contributed by atoms with Crippen molar-refractivity contribution in [3.05, 3.63) is 59.2 Å². The van der Waals surface area contributed by atoms with Gasteiger partial charge in [-0.25, -0.2) is 4.79 Å². The van der Waals surface area contributed by atoms with Crippen molar-refractivity contribution in [2.45, 2.75) is 32.5 Å². The molecular formula is C19H18O4. The van der Waals surface area contributed by atoms with E-state index in [-0.39, 0.29) is 0 Å². The molecule has 1 aliphatic heterocycles. The lowest BCUT2D eigenvalue weighted by atomic mass is 9.89. The lowest BCUT2D eigenvalue weighted by Gasteiger charge is -2.21. The van der Waals surface area contributed by atoms with Gasteiger partial charge in [0.1, 0.15) is 0 Å². The number of hydrogen-bond donors (Lipinski definition) is 1. The predicted molar refractivity (Wildman–Crippen MR) is 85.8 cm³/mol. The second-order valence-electron chi connectivity index (χ2n) is 6.12. The van der Waals surface area contributed by atoms with Crippen molar-refractivity contribution in [2.75, 3.05) is 0 Å². The number of aliphatic hydroxyl groups is 1. The molecule has 1 saturated heterocycles. The van der Waals surface area contributed by atoms with Gasteiger partial charge in [-0.1, -0.05) is 48.0 Å². The number of ether oxygens (including phenoxy) is 1. The second kappa shape index (κ2) is 5.32. The molecule has 0 bridgehead atoms. The minimum Gasteiger partial charge on any atom is -0.444 e. The molecule has 2 unspecified atom stereocenters. The number of aryl methyl sites for hydroxylation is 2. The van der Waals surface area contributed by atoms with Gasteiger partial charge in [0.2, 0.25) is 11.9 Å². The highest BCUT2D eigenvalue weighted by atomic mass is 16.6. The van der Waals surface area contributed by atoms with Crippen LogP contribution in [0.1, 0.15) is 23.6 Å². The van der Waals surface area contributed by atoms with E-state index in [9.17, 15) is 14.7 Å². The standard InChI is InChI=1S/C19H18O4/c1-11-4-9-15(12(2)10-11)13-5-7-14(8-6-13)19(3)17(21)16(20)18(22)23-19/h4-10,16,20H,1-3H3. The predicted octanol–water partition coefficient (Wildman–Crippen LogP) is 2.67. The van der Waals surface area contributed by atoms with Gasteiger partial charge in [-0.3, -0.25) is 4.79 Å². The fraction of sp³-hybridized carbons (Fsp3) is 0.263. The number of carbonyl (C=O) groups excluding carboxylic acids is 2. The van der Waals surface area contributed by atoms with Gasteiger partial charge in [-0.2, -0.15) is 0 Å². The average Bonchev–Trinajstić information content (AvgIpc) is 2.72. The Hall–Kier alpha value is -2.46. The van der Waals surface area contributed by atoms with Gasteiger partial charge >= 0.3 is 5.97 Å². The van der Waals surface area contributed by atoms with Crippen LogP contribution in [0.4, 0.5) is 0 Å². The van der Waals surface area contributed by atoms with Gasteiger partial charge in [0.25, 0.3) is 0 Å². The lowest BCUT2D eigenvalue weighted by molar-refractivity contribution is -0.153. The molecule has 0 aliphatic carbocycles. The van der Waals surface area contributed by atoms with Crippen molar-refractivity contribution in [1.82, 2.24) is 0 Å². The molecule has 1 aliphatic rings. The first-order valence-electron chi connectivity index (χ1n) is 7.46. The Morgan fingerprint density at radius 1 is 1.04 bits per heavy atom. The van der Waals surface area contributed by atoms with E-state index < -0.39 is 23.5 Å². The molecule has 0 radical (unpaired) electrons. The zero-order valence-electron chi connectivity index (χ0n) is 13.3. The summed E-state index contributed by atoms with van der Waals surface area (Å²) in [5.41, 5.74) is 3.64. The van der Waals surface area contributed by atoms with Crippen molar-refractivity contribution < 1.29 is 19.4 Å². The molecule has 0 aromatic heterocycles. The molecule has 4 heteroatoms. The molecule has 0 amide bonds. The molecule has 2 aromatic carbocycles. The van der Waals surface area contributed by atoms with E-state index in [0.717, 1.165) is 11.1 Å². The number of hydrogen-bond acceptors (Lipinski definition) is 4. The van der Waals surface area contributed by atoms with Crippen LogP contribution in [0.25, 0.3) is 11.1 Å². The van der Waals surface area contributed by atoms with Crippen LogP contribution in [0.3, 0.4) is 0 Å². The first-order valence-corrected chi connectivity index (χ1v) is 7.46. The molecule has 4 nitrogen and oxygen atoms in total. The maximum atomic E-state index is 12.1. The Morgan fingerprint density at radius 3 is 2.22 bits per heavy atom. The Bertz CT molecular complexity index is 792. The van der Waals surface area contributed by atoms with Crippen molar-refractivity contribution in [2.24, 2.45) is 0 Å². The summed E-state index contributed by atoms with van der Waals surface area (Å²) in [6.45, 7) is 5.61. The molecule has 23 heavy (non-hydrogen) atoms. The zero-order valence-corrected chi connectivity index (χ0v) is 13.3. The van der Waals surface area contributed by atoms with Crippen LogP contribution in [0, 0.1) is 13.8 Å². The van der Waals surface area contributed by atoms with Crippen molar-refractivity contribution in [3.8, 4) is 11.1 Å². The van der Waals surface area contributed by atoms with Gasteiger partial charge in [-0.15, -0.1) is 0 Å². The van der Waals surface area contributed by atoms with Crippen LogP contribution >= 0.6 is 0 Å². The normalized spacial score (nSPS) is 23.9. The summed E-state index contributed by atoms with van der Waals surface area (Å²) in [5.74, 6) is -1.52. The number of carbonyl (C=O) groups is 2. The number of aliphatic hydroxyl groups excluding tert-OH is 1. The quantitative estimate of drug-likeness (QED) is 0.684. The highest BCUT2D eigenvalue weighted by Crippen LogP contribution is 2.35. The zero-order chi connectivity index (χ0) is 16.8. The minimum absolute atomic E-state index is 0.556. The van der Waals surface area contributed by atoms with Crippen LogP contribution in [0.5, 0.6) is 0 Å². The Balaban J connectivity index is 1.97. The van der Waals surface area contributed by atoms with E-state index >= 15 is 0 Å². The maximum Gasteiger partial charge on any atom is 0.344 e. The number of Topliss-reactive ketones (excluding diaryl/α,β-unsaturated/α-hetero) is 1. The van der Waals surface area contributed by atoms with Gasteiger partial charge in [-0.05, 0) is 37.5 Å².